The average molecular weight is 1640 g/mol. The summed E-state index contributed by atoms with van der Waals surface area (Å²) in [6.07, 6.45) is -2.30. The van der Waals surface area contributed by atoms with Gasteiger partial charge >= 0.3 is 47.7 Å². The van der Waals surface area contributed by atoms with Crippen molar-refractivity contribution in [1.29, 1.82) is 10.8 Å². The van der Waals surface area contributed by atoms with Gasteiger partial charge in [0.25, 0.3) is 11.1 Å². The van der Waals surface area contributed by atoms with E-state index in [9.17, 15) is 37.1 Å². The van der Waals surface area contributed by atoms with E-state index in [0.29, 0.717) is 83.6 Å². The molecule has 25 nitrogen and oxygen atoms in total. The maximum atomic E-state index is 11.9. The molecule has 0 atom stereocenters. The SMILES string of the molecule is CCOC(=O)CC(=N)N.CCOC(=O)c1cc(-c2cccc3ccc(Cl)nc23)[nH]c1N.CC[O-].Cl.Cl.Cl.N=CN.O=C(CBr)c1cccc2ccc(Cl)nc12.O=CC(F)(F)F.O=c1[nH]cnc2[nH]c(-c3cccc4ccc(Cl)nc34)cc12.O=c1[nH]cnc2[nH]c(-c3cccc4ccc(Cl)nc34)cc12.[Na+]. The molecular formula is C67H62BrCl7F3N16NaO9. The summed E-state index contributed by atoms with van der Waals surface area (Å²) in [5.41, 5.74) is 24.7. The Morgan fingerprint density at radius 1 is 0.596 bits per heavy atom. The molecule has 104 heavy (non-hydrogen) atoms. The third-order valence-electron chi connectivity index (χ3n) is 13.0. The molecule has 0 amide bonds. The number of ether oxygens (including phenoxy) is 2. The number of Topliss-reactive ketones (excluding diaryl/α,β-unsaturated/α-hetero) is 1. The van der Waals surface area contributed by atoms with E-state index in [-0.39, 0.29) is 108 Å². The number of nitrogen functional groups attached to an aromatic ring is 1. The molecule has 13 rings (SSSR count). The Balaban J connectivity index is 0.000000429. The number of pyridine rings is 4. The second-order valence-corrected chi connectivity index (χ2v) is 21.9. The van der Waals surface area contributed by atoms with Crippen LogP contribution in [0.1, 0.15) is 47.9 Å². The van der Waals surface area contributed by atoms with Gasteiger partial charge in [0.1, 0.15) is 55.5 Å². The van der Waals surface area contributed by atoms with Crippen molar-refractivity contribution in [3.63, 3.8) is 0 Å². The standard InChI is InChI=1S/C16H14ClN3O2.2C15H9ClN4O.C11H7BrClNO.C5H10N2O2.C2HF3O.C2H5O.CH4N2.3ClH.Na/c1-2-22-16(21)11-8-12(19-15(11)18)10-5-3-4-9-6-7-13(17)20-14(9)10;2*16-12-5-4-8-2-1-3-9(13(8)20-12)11-6-10-14(19-11)17-7-18-15(10)21;12-6-9(15)8-3-1-2-7-4-5-10(13)14-11(7)8;1-2-9-5(8)3-4(6)7;3-2(4,5)1-6;1-2-3;2-1-3;;;;/h3-8,19H,2,18H2,1H3;2*1-7H,(H2,17,18,19,21);1-5H,6H2;2-3H2,1H3,(H3,6,7);1H;2H2,1H3;1H,(H3,2,3);3*1H;/q;;;;;;-1;;;;;+1. The summed E-state index contributed by atoms with van der Waals surface area (Å²) in [6, 6.07) is 42.7. The van der Waals surface area contributed by atoms with E-state index in [4.69, 9.17) is 83.3 Å². The van der Waals surface area contributed by atoms with Crippen molar-refractivity contribution in [2.24, 2.45) is 11.5 Å². The van der Waals surface area contributed by atoms with Crippen molar-refractivity contribution >= 4 is 207 Å². The van der Waals surface area contributed by atoms with Gasteiger partial charge in [-0.1, -0.05) is 136 Å². The number of carbonyl (C=O) groups excluding carboxylic acids is 4. The number of benzene rings is 4. The van der Waals surface area contributed by atoms with Crippen LogP contribution in [0, 0.1) is 10.8 Å². The zero-order valence-corrected chi connectivity index (χ0v) is 64.0. The van der Waals surface area contributed by atoms with Crippen LogP contribution in [0.5, 0.6) is 0 Å². The fourth-order valence-corrected chi connectivity index (χ4v) is 9.89. The minimum absolute atomic E-state index is 0. The van der Waals surface area contributed by atoms with Gasteiger partial charge in [0.15, 0.2) is 5.78 Å². The Morgan fingerprint density at radius 2 is 0.942 bits per heavy atom. The van der Waals surface area contributed by atoms with Crippen molar-refractivity contribution in [3.8, 4) is 33.8 Å². The van der Waals surface area contributed by atoms with Gasteiger partial charge in [0.05, 0.1) is 87.5 Å². The predicted octanol–water partition coefficient (Wildman–Crippen LogP) is 11.2. The molecule has 0 aliphatic heterocycles. The first-order valence-corrected chi connectivity index (χ1v) is 31.9. The molecule has 0 bridgehead atoms. The van der Waals surface area contributed by atoms with E-state index in [1.54, 1.807) is 69.3 Å². The number of H-pyrrole nitrogens is 5. The summed E-state index contributed by atoms with van der Waals surface area (Å²) in [5.74, 6) is -0.768. The first-order chi connectivity index (χ1) is 47.8. The molecule has 0 aliphatic carbocycles. The second-order valence-electron chi connectivity index (χ2n) is 19.8. The molecule has 0 spiro atoms. The molecule has 0 fully saturated rings. The number of para-hydroxylation sites is 4. The molecule has 9 aromatic heterocycles. The molecular weight excluding hydrogens is 1580 g/mol. The third-order valence-corrected chi connectivity index (χ3v) is 14.4. The monoisotopic (exact) mass is 1640 g/mol. The van der Waals surface area contributed by atoms with Crippen LogP contribution >= 0.6 is 99.6 Å². The number of alkyl halides is 4. The van der Waals surface area contributed by atoms with Crippen molar-refractivity contribution in [1.82, 2.24) is 54.8 Å². The van der Waals surface area contributed by atoms with E-state index in [0.717, 1.165) is 72.5 Å². The van der Waals surface area contributed by atoms with Gasteiger partial charge in [0.2, 0.25) is 6.29 Å². The topological polar surface area (TPSA) is 426 Å². The normalized spacial score (nSPS) is 10.0. The van der Waals surface area contributed by atoms with Crippen molar-refractivity contribution in [2.75, 3.05) is 30.9 Å². The van der Waals surface area contributed by atoms with Crippen LogP contribution in [0.25, 0.3) is 99.5 Å². The molecule has 13 N–H and O–H groups in total. The van der Waals surface area contributed by atoms with E-state index < -0.39 is 24.4 Å². The maximum Gasteiger partial charge on any atom is 1.00 e. The number of anilines is 1. The van der Waals surface area contributed by atoms with E-state index in [2.05, 4.69) is 81.2 Å². The molecule has 0 saturated heterocycles. The summed E-state index contributed by atoms with van der Waals surface area (Å²) in [4.78, 5) is 106. The number of aromatic nitrogens is 11. The number of rotatable bonds is 10. The van der Waals surface area contributed by atoms with Crippen LogP contribution in [-0.4, -0.2) is 122 Å². The van der Waals surface area contributed by atoms with Crippen LogP contribution in [0.4, 0.5) is 19.0 Å². The molecule has 4 aromatic carbocycles. The molecule has 0 radical (unpaired) electrons. The second kappa shape index (κ2) is 44.5. The number of esters is 2. The number of fused-ring (bicyclic) bond motifs is 6. The number of hydrogen-bond donors (Lipinski definition) is 10. The molecule has 0 aliphatic rings. The van der Waals surface area contributed by atoms with Gasteiger partial charge < -0.3 is 56.7 Å². The summed E-state index contributed by atoms with van der Waals surface area (Å²) in [5, 5.41) is 28.3. The quantitative estimate of drug-likeness (QED) is 0.00888. The van der Waals surface area contributed by atoms with Crippen LogP contribution in [0.2, 0.25) is 20.6 Å². The fraction of sp³-hybridized carbons (Fsp3) is 0.134. The molecule has 37 heteroatoms. The van der Waals surface area contributed by atoms with Crippen LogP contribution in [0.3, 0.4) is 0 Å². The number of nitrogens with two attached hydrogens (primary N) is 3. The van der Waals surface area contributed by atoms with Gasteiger partial charge in [-0.3, -0.25) is 34.8 Å². The molecule has 0 unspecified atom stereocenters. The number of carbonyl (C=O) groups is 4. The van der Waals surface area contributed by atoms with E-state index >= 15 is 0 Å². The summed E-state index contributed by atoms with van der Waals surface area (Å²) < 4.78 is 40.7. The van der Waals surface area contributed by atoms with Gasteiger partial charge in [-0.15, -0.1) is 43.8 Å². The largest absolute Gasteiger partial charge is 1.00 e. The Hall–Kier alpha value is -9.08. The number of ketones is 1. The zero-order valence-electron chi connectivity index (χ0n) is 55.0. The predicted molar refractivity (Wildman–Crippen MR) is 407 cm³/mol. The molecule has 13 aromatic rings. The number of nitrogens with one attached hydrogen (secondary N) is 7. The number of nitrogens with zero attached hydrogens (tertiary/aromatic N) is 6. The van der Waals surface area contributed by atoms with E-state index in [1.165, 1.54) is 12.7 Å². The molecule has 9 heterocycles. The number of hydrogen-bond acceptors (Lipinski definition) is 18. The first-order valence-electron chi connectivity index (χ1n) is 29.2. The molecule has 542 valence electrons. The van der Waals surface area contributed by atoms with E-state index in [1.807, 2.05) is 91.0 Å². The minimum atomic E-state index is -4.64. The molecule has 0 saturated carbocycles. The fourth-order valence-electron chi connectivity index (χ4n) is 9.00. The summed E-state index contributed by atoms with van der Waals surface area (Å²) in [6.45, 7) is 5.66. The van der Waals surface area contributed by atoms with Crippen molar-refractivity contribution in [3.05, 3.63) is 205 Å². The number of amidine groups is 1. The Labute approximate surface area is 658 Å². The van der Waals surface area contributed by atoms with Crippen LogP contribution in [0.15, 0.2) is 162 Å². The van der Waals surface area contributed by atoms with Gasteiger partial charge in [-0.25, -0.2) is 34.7 Å². The first kappa shape index (κ1) is 91.0. The van der Waals surface area contributed by atoms with Gasteiger partial charge in [0, 0.05) is 43.8 Å². The number of aromatic amines is 5. The Kier molecular flexibility index (Phi) is 39.0. The smallest absolute Gasteiger partial charge is 0.855 e. The maximum absolute atomic E-state index is 11.9. The zero-order chi connectivity index (χ0) is 73.2. The average Bonchev–Trinajstić information content (AvgIpc) is 1.66. The van der Waals surface area contributed by atoms with Crippen molar-refractivity contribution in [2.45, 2.75) is 33.4 Å². The van der Waals surface area contributed by atoms with Gasteiger partial charge in [-0.2, -0.15) is 13.2 Å². The number of halogens is 11. The van der Waals surface area contributed by atoms with Gasteiger partial charge in [-0.05, 0) is 86.6 Å². The summed E-state index contributed by atoms with van der Waals surface area (Å²) >= 11 is 26.9. The summed E-state index contributed by atoms with van der Waals surface area (Å²) in [7, 11) is 0. The third kappa shape index (κ3) is 26.0. The van der Waals surface area contributed by atoms with Crippen LogP contribution in [-0.2, 0) is 19.1 Å². The number of aldehydes is 1. The van der Waals surface area contributed by atoms with Crippen LogP contribution < -0.4 is 63.0 Å². The van der Waals surface area contributed by atoms with Crippen molar-refractivity contribution < 1.29 is 76.5 Å². The minimum Gasteiger partial charge on any atom is -0.855 e. The Bertz CT molecular complexity index is 5020. The Morgan fingerprint density at radius 3 is 1.28 bits per heavy atom.